The summed E-state index contributed by atoms with van der Waals surface area (Å²) in [5.74, 6) is 0.459. The minimum Gasteiger partial charge on any atom is -0.346 e. The molecule has 0 radical (unpaired) electrons. The van der Waals surface area contributed by atoms with E-state index in [1.807, 2.05) is 18.4 Å². The normalized spacial score (nSPS) is 13.8. The van der Waals surface area contributed by atoms with E-state index in [1.165, 1.54) is 6.33 Å². The lowest BCUT2D eigenvalue weighted by atomic mass is 10.3. The van der Waals surface area contributed by atoms with Crippen LogP contribution in [0.4, 0.5) is 0 Å². The van der Waals surface area contributed by atoms with Crippen LogP contribution in [0.15, 0.2) is 23.5 Å². The number of rotatable bonds is 6. The van der Waals surface area contributed by atoms with Gasteiger partial charge in [-0.1, -0.05) is 0 Å². The van der Waals surface area contributed by atoms with E-state index in [1.54, 1.807) is 19.2 Å². The third kappa shape index (κ3) is 3.31. The van der Waals surface area contributed by atoms with E-state index < -0.39 is 16.1 Å². The molecule has 9 heteroatoms. The largest absolute Gasteiger partial charge is 0.346 e. The molecule has 0 saturated heterocycles. The Kier molecular flexibility index (Phi) is 4.45. The summed E-state index contributed by atoms with van der Waals surface area (Å²) in [5.41, 5.74) is 6.44. The molecule has 0 fully saturated rings. The summed E-state index contributed by atoms with van der Waals surface area (Å²) < 4.78 is 29.2. The third-order valence-electron chi connectivity index (χ3n) is 3.16. The van der Waals surface area contributed by atoms with Crippen LogP contribution in [0.2, 0.25) is 0 Å². The summed E-state index contributed by atoms with van der Waals surface area (Å²) >= 11 is 0. The quantitative estimate of drug-likeness (QED) is 0.725. The molecule has 2 heterocycles. The van der Waals surface area contributed by atoms with Gasteiger partial charge in [0.05, 0.1) is 10.9 Å². The van der Waals surface area contributed by atoms with Gasteiger partial charge in [-0.25, -0.2) is 18.1 Å². The zero-order chi connectivity index (χ0) is 15.6. The fourth-order valence-corrected chi connectivity index (χ4v) is 3.32. The van der Waals surface area contributed by atoms with Gasteiger partial charge in [-0.2, -0.15) is 5.10 Å². The highest BCUT2D eigenvalue weighted by molar-refractivity contribution is 7.89. The Hall–Kier alpha value is -1.71. The average Bonchev–Trinajstić information content (AvgIpc) is 3.07. The molecule has 0 spiro atoms. The number of sulfonamides is 1. The van der Waals surface area contributed by atoms with Crippen molar-refractivity contribution < 1.29 is 8.42 Å². The molecule has 21 heavy (non-hydrogen) atoms. The lowest BCUT2D eigenvalue weighted by Gasteiger charge is -2.11. The second kappa shape index (κ2) is 5.96. The van der Waals surface area contributed by atoms with Gasteiger partial charge in [0, 0.05) is 24.5 Å². The smallest absolute Gasteiger partial charge is 0.242 e. The van der Waals surface area contributed by atoms with Crippen LogP contribution >= 0.6 is 0 Å². The first-order valence-electron chi connectivity index (χ1n) is 6.63. The molecule has 2 aromatic rings. The van der Waals surface area contributed by atoms with Crippen molar-refractivity contribution in [3.8, 4) is 0 Å². The zero-order valence-corrected chi connectivity index (χ0v) is 13.1. The molecule has 1 atom stereocenters. The van der Waals surface area contributed by atoms with E-state index in [9.17, 15) is 8.42 Å². The molecule has 4 N–H and O–H groups in total. The van der Waals surface area contributed by atoms with Crippen LogP contribution in [0.3, 0.4) is 0 Å². The van der Waals surface area contributed by atoms with Crippen molar-refractivity contribution in [1.29, 1.82) is 0 Å². The number of H-pyrrole nitrogens is 1. The fraction of sp³-hybridized carbons (Fsp3) is 0.500. The Balaban J connectivity index is 2.27. The first-order chi connectivity index (χ1) is 9.85. The summed E-state index contributed by atoms with van der Waals surface area (Å²) in [4.78, 5) is 4.14. The van der Waals surface area contributed by atoms with Crippen molar-refractivity contribution >= 4 is 10.0 Å². The van der Waals surface area contributed by atoms with E-state index >= 15 is 0 Å². The Labute approximate surface area is 123 Å². The van der Waals surface area contributed by atoms with Crippen LogP contribution in [0, 0.1) is 0 Å². The highest BCUT2D eigenvalue weighted by atomic mass is 32.2. The van der Waals surface area contributed by atoms with Crippen molar-refractivity contribution in [2.24, 2.45) is 5.73 Å². The van der Waals surface area contributed by atoms with E-state index in [4.69, 9.17) is 5.73 Å². The van der Waals surface area contributed by atoms with Gasteiger partial charge in [0.2, 0.25) is 10.0 Å². The third-order valence-corrected chi connectivity index (χ3v) is 4.67. The van der Waals surface area contributed by atoms with Crippen LogP contribution in [0.25, 0.3) is 0 Å². The molecule has 0 aliphatic carbocycles. The number of hydrogen-bond acceptors (Lipinski definition) is 5. The number of aromatic amines is 1. The standard InChI is InChI=1S/C12H20N6O2S/c1-8(2)18-6-11(4-10(18)5-13)21(19,20)17-9(3)12-14-7-15-16-12/h4,6-9,17H,5,13H2,1-3H3,(H,14,15,16). The number of nitrogens with zero attached hydrogens (tertiary/aromatic N) is 3. The van der Waals surface area contributed by atoms with Gasteiger partial charge >= 0.3 is 0 Å². The minimum absolute atomic E-state index is 0.138. The number of hydrogen-bond donors (Lipinski definition) is 3. The average molecular weight is 312 g/mol. The predicted octanol–water partition coefficient (Wildman–Crippen LogP) is 0.685. The van der Waals surface area contributed by atoms with Crippen LogP contribution < -0.4 is 10.5 Å². The number of nitrogens with one attached hydrogen (secondary N) is 2. The summed E-state index contributed by atoms with van der Waals surface area (Å²) in [7, 11) is -3.64. The Morgan fingerprint density at radius 2 is 2.14 bits per heavy atom. The Bertz CT molecular complexity index is 689. The Morgan fingerprint density at radius 1 is 1.43 bits per heavy atom. The molecule has 0 aliphatic heterocycles. The minimum atomic E-state index is -3.64. The van der Waals surface area contributed by atoms with E-state index in [-0.39, 0.29) is 17.5 Å². The maximum Gasteiger partial charge on any atom is 0.242 e. The van der Waals surface area contributed by atoms with Crippen LogP contribution in [-0.4, -0.2) is 28.2 Å². The summed E-state index contributed by atoms with van der Waals surface area (Å²) in [5, 5.41) is 6.35. The molecule has 0 bridgehead atoms. The van der Waals surface area contributed by atoms with Gasteiger partial charge in [-0.15, -0.1) is 0 Å². The second-order valence-electron chi connectivity index (χ2n) is 5.09. The summed E-state index contributed by atoms with van der Waals surface area (Å²) in [6.07, 6.45) is 2.93. The number of nitrogens with two attached hydrogens (primary N) is 1. The van der Waals surface area contributed by atoms with E-state index in [0.29, 0.717) is 5.82 Å². The van der Waals surface area contributed by atoms with Gasteiger partial charge < -0.3 is 10.3 Å². The zero-order valence-electron chi connectivity index (χ0n) is 12.2. The molecule has 0 saturated carbocycles. The van der Waals surface area contributed by atoms with Gasteiger partial charge in [0.15, 0.2) is 0 Å². The fourth-order valence-electron chi connectivity index (χ4n) is 2.07. The molecule has 1 unspecified atom stereocenters. The van der Waals surface area contributed by atoms with Crippen LogP contribution in [0.5, 0.6) is 0 Å². The van der Waals surface area contributed by atoms with E-state index in [0.717, 1.165) is 5.69 Å². The van der Waals surface area contributed by atoms with Crippen molar-refractivity contribution in [3.05, 3.63) is 30.1 Å². The summed E-state index contributed by atoms with van der Waals surface area (Å²) in [6.45, 7) is 5.92. The lowest BCUT2D eigenvalue weighted by molar-refractivity contribution is 0.556. The molecular formula is C12H20N6O2S. The highest BCUT2D eigenvalue weighted by Crippen LogP contribution is 2.20. The lowest BCUT2D eigenvalue weighted by Crippen LogP contribution is -2.27. The molecular weight excluding hydrogens is 292 g/mol. The first-order valence-corrected chi connectivity index (χ1v) is 8.12. The van der Waals surface area contributed by atoms with Gasteiger partial charge in [0.25, 0.3) is 0 Å². The molecule has 8 nitrogen and oxygen atoms in total. The van der Waals surface area contributed by atoms with Crippen LogP contribution in [-0.2, 0) is 16.6 Å². The SMILES string of the molecule is CC(NS(=O)(=O)c1cc(CN)n(C(C)C)c1)c1ncn[nH]1. The maximum absolute atomic E-state index is 12.4. The molecule has 0 aliphatic rings. The Morgan fingerprint density at radius 3 is 2.62 bits per heavy atom. The topological polar surface area (TPSA) is 119 Å². The van der Waals surface area contributed by atoms with Gasteiger partial charge in [-0.3, -0.25) is 5.10 Å². The molecule has 0 amide bonds. The predicted molar refractivity (Wildman–Crippen MR) is 77.8 cm³/mol. The van der Waals surface area contributed by atoms with E-state index in [2.05, 4.69) is 19.9 Å². The van der Waals surface area contributed by atoms with Crippen LogP contribution in [0.1, 0.15) is 44.4 Å². The highest BCUT2D eigenvalue weighted by Gasteiger charge is 2.22. The van der Waals surface area contributed by atoms with Gasteiger partial charge in [0.1, 0.15) is 12.2 Å². The molecule has 2 aromatic heterocycles. The molecule has 0 aromatic carbocycles. The monoisotopic (exact) mass is 312 g/mol. The maximum atomic E-state index is 12.4. The summed E-state index contributed by atoms with van der Waals surface area (Å²) in [6, 6.07) is 1.23. The molecule has 116 valence electrons. The van der Waals surface area contributed by atoms with Crippen molar-refractivity contribution in [2.75, 3.05) is 0 Å². The first kappa shape index (κ1) is 15.7. The van der Waals surface area contributed by atoms with Gasteiger partial charge in [-0.05, 0) is 26.8 Å². The number of aromatic nitrogens is 4. The van der Waals surface area contributed by atoms with Crippen molar-refractivity contribution in [1.82, 2.24) is 24.5 Å². The molecule has 2 rings (SSSR count). The van der Waals surface area contributed by atoms with Crippen molar-refractivity contribution in [3.63, 3.8) is 0 Å². The van der Waals surface area contributed by atoms with Crippen molar-refractivity contribution in [2.45, 2.75) is 44.3 Å². The second-order valence-corrected chi connectivity index (χ2v) is 6.80.